The Morgan fingerprint density at radius 2 is 1.07 bits per heavy atom. The minimum atomic E-state index is 0. The van der Waals surface area contributed by atoms with Gasteiger partial charge in [0.2, 0.25) is 0 Å². The van der Waals surface area contributed by atoms with Crippen molar-refractivity contribution >= 4 is 0 Å². The molecule has 0 rings (SSSR count). The molecule has 4 nitrogen and oxygen atoms in total. The molecule has 8 N–H and O–H groups in total. The predicted octanol–water partition coefficient (Wildman–Crippen LogP) is 1.26. The third-order valence-corrected chi connectivity index (χ3v) is 1.43. The van der Waals surface area contributed by atoms with E-state index in [0.29, 0.717) is 0 Å². The van der Waals surface area contributed by atoms with Crippen molar-refractivity contribution in [3.8, 4) is 0 Å². The van der Waals surface area contributed by atoms with Crippen LogP contribution in [0.2, 0.25) is 0 Å². The lowest BCUT2D eigenvalue weighted by Crippen LogP contribution is -1.66. The normalized spacial score (nSPS) is 6.93. The topological polar surface area (TPSA) is 126 Å². The second kappa shape index (κ2) is 49.6. The standard InChI is InChI=1S/C6H14.C5H10.4H2O/c1-3-5-6-4-2;1-3-5-4-2;;;;/h3-6H2,1-2H3;3,5H,4H2,1-2H3;4*1H2/b;5-3-;;;;. The zero-order chi connectivity index (χ0) is 8.95. The Labute approximate surface area is 94.6 Å². The average Bonchev–Trinajstić information content (AvgIpc) is 2.04. The second-order valence-corrected chi connectivity index (χ2v) is 2.68. The van der Waals surface area contributed by atoms with Crippen molar-refractivity contribution < 1.29 is 21.9 Å². The van der Waals surface area contributed by atoms with Gasteiger partial charge in [0.25, 0.3) is 0 Å². The summed E-state index contributed by atoms with van der Waals surface area (Å²) in [5.74, 6) is 0. The third-order valence-electron chi connectivity index (χ3n) is 1.43. The highest BCUT2D eigenvalue weighted by Crippen LogP contribution is 1.95. The van der Waals surface area contributed by atoms with E-state index in [1.807, 2.05) is 6.92 Å². The van der Waals surface area contributed by atoms with Crippen LogP contribution in [0.15, 0.2) is 12.2 Å². The highest BCUT2D eigenvalue weighted by Gasteiger charge is 1.75. The average molecular weight is 228 g/mol. The SMILES string of the molecule is C/C=C\CC.CCCCCC.O.O.O.O. The van der Waals surface area contributed by atoms with Gasteiger partial charge in [-0.25, -0.2) is 0 Å². The van der Waals surface area contributed by atoms with E-state index >= 15 is 0 Å². The maximum Gasteiger partial charge on any atom is -0.0379 e. The molecule has 0 saturated carbocycles. The summed E-state index contributed by atoms with van der Waals surface area (Å²) in [6, 6.07) is 0. The fourth-order valence-electron chi connectivity index (χ4n) is 0.736. The van der Waals surface area contributed by atoms with E-state index in [9.17, 15) is 0 Å². The van der Waals surface area contributed by atoms with Crippen molar-refractivity contribution in [1.29, 1.82) is 0 Å². The highest BCUT2D eigenvalue weighted by atomic mass is 16.0. The molecular weight excluding hydrogens is 196 g/mol. The van der Waals surface area contributed by atoms with Crippen LogP contribution < -0.4 is 0 Å². The monoisotopic (exact) mass is 228 g/mol. The summed E-state index contributed by atoms with van der Waals surface area (Å²) in [5, 5.41) is 0. The van der Waals surface area contributed by atoms with E-state index in [-0.39, 0.29) is 21.9 Å². The molecular formula is C11H32O4. The minimum Gasteiger partial charge on any atom is -0.412 e. The molecule has 0 aliphatic heterocycles. The molecule has 0 spiro atoms. The van der Waals surface area contributed by atoms with Gasteiger partial charge in [-0.3, -0.25) is 0 Å². The summed E-state index contributed by atoms with van der Waals surface area (Å²) in [7, 11) is 0. The summed E-state index contributed by atoms with van der Waals surface area (Å²) in [6.07, 6.45) is 10.9. The van der Waals surface area contributed by atoms with Crippen molar-refractivity contribution in [3.05, 3.63) is 12.2 Å². The zero-order valence-electron chi connectivity index (χ0n) is 10.7. The van der Waals surface area contributed by atoms with Crippen molar-refractivity contribution in [2.24, 2.45) is 0 Å². The molecule has 0 aromatic rings. The maximum atomic E-state index is 2.23. The second-order valence-electron chi connectivity index (χ2n) is 2.68. The molecule has 0 atom stereocenters. The summed E-state index contributed by atoms with van der Waals surface area (Å²) >= 11 is 0. The Balaban J connectivity index is -0.0000000215. The Hall–Kier alpha value is -0.420. The number of hydrogen-bond acceptors (Lipinski definition) is 0. The van der Waals surface area contributed by atoms with Gasteiger partial charge in [0.15, 0.2) is 0 Å². The molecule has 15 heavy (non-hydrogen) atoms. The predicted molar refractivity (Wildman–Crippen MR) is 69.4 cm³/mol. The van der Waals surface area contributed by atoms with Gasteiger partial charge in [-0.2, -0.15) is 0 Å². The van der Waals surface area contributed by atoms with Crippen LogP contribution in [-0.2, 0) is 0 Å². The lowest BCUT2D eigenvalue weighted by Gasteiger charge is -1.86. The van der Waals surface area contributed by atoms with Crippen molar-refractivity contribution in [1.82, 2.24) is 0 Å². The van der Waals surface area contributed by atoms with Crippen LogP contribution in [0.25, 0.3) is 0 Å². The molecule has 100 valence electrons. The van der Waals surface area contributed by atoms with Gasteiger partial charge in [0.1, 0.15) is 0 Å². The molecule has 4 heteroatoms. The van der Waals surface area contributed by atoms with Gasteiger partial charge in [-0.1, -0.05) is 58.6 Å². The van der Waals surface area contributed by atoms with Crippen LogP contribution in [-0.4, -0.2) is 21.9 Å². The Kier molecular flexibility index (Phi) is 121. The minimum absolute atomic E-state index is 0. The molecule has 0 amide bonds. The Bertz CT molecular complexity index is 71.0. The molecule has 0 aromatic heterocycles. The first-order valence-corrected chi connectivity index (χ1v) is 4.94. The van der Waals surface area contributed by atoms with Crippen molar-refractivity contribution in [2.45, 2.75) is 59.8 Å². The fourth-order valence-corrected chi connectivity index (χ4v) is 0.736. The number of hydrogen-bond donors (Lipinski definition) is 0. The Morgan fingerprint density at radius 1 is 0.733 bits per heavy atom. The maximum absolute atomic E-state index is 2.23. The van der Waals surface area contributed by atoms with E-state index in [1.54, 1.807) is 0 Å². The molecule has 0 heterocycles. The van der Waals surface area contributed by atoms with Crippen LogP contribution in [0.1, 0.15) is 59.8 Å². The molecule has 0 aromatic carbocycles. The summed E-state index contributed by atoms with van der Waals surface area (Å²) < 4.78 is 0. The first-order chi connectivity index (χ1) is 5.33. The summed E-state index contributed by atoms with van der Waals surface area (Å²) in [6.45, 7) is 8.62. The van der Waals surface area contributed by atoms with Crippen LogP contribution in [0, 0.1) is 0 Å². The third kappa shape index (κ3) is 86.8. The van der Waals surface area contributed by atoms with Gasteiger partial charge in [0.05, 0.1) is 0 Å². The van der Waals surface area contributed by atoms with E-state index in [0.717, 1.165) is 6.42 Å². The first-order valence-electron chi connectivity index (χ1n) is 4.94. The number of allylic oxidation sites excluding steroid dienone is 2. The highest BCUT2D eigenvalue weighted by molar-refractivity contribution is 4.73. The van der Waals surface area contributed by atoms with Crippen LogP contribution in [0.4, 0.5) is 0 Å². The smallest absolute Gasteiger partial charge is 0.0379 e. The molecule has 0 aliphatic carbocycles. The summed E-state index contributed by atoms with van der Waals surface area (Å²) in [4.78, 5) is 0. The molecule has 0 fully saturated rings. The largest absolute Gasteiger partial charge is 0.412 e. The lowest BCUT2D eigenvalue weighted by molar-refractivity contribution is 0.702. The Morgan fingerprint density at radius 3 is 1.13 bits per heavy atom. The molecule has 0 saturated heterocycles. The summed E-state index contributed by atoms with van der Waals surface area (Å²) in [5.41, 5.74) is 0. The fraction of sp³-hybridized carbons (Fsp3) is 0.818. The zero-order valence-corrected chi connectivity index (χ0v) is 10.7. The molecule has 0 radical (unpaired) electrons. The van der Waals surface area contributed by atoms with Crippen molar-refractivity contribution in [3.63, 3.8) is 0 Å². The van der Waals surface area contributed by atoms with Gasteiger partial charge in [-0.15, -0.1) is 0 Å². The molecule has 0 aliphatic rings. The van der Waals surface area contributed by atoms with Crippen LogP contribution >= 0.6 is 0 Å². The van der Waals surface area contributed by atoms with E-state index < -0.39 is 0 Å². The lowest BCUT2D eigenvalue weighted by atomic mass is 10.2. The van der Waals surface area contributed by atoms with Crippen LogP contribution in [0.5, 0.6) is 0 Å². The van der Waals surface area contributed by atoms with E-state index in [1.165, 1.54) is 25.7 Å². The quantitative estimate of drug-likeness (QED) is 0.507. The van der Waals surface area contributed by atoms with E-state index in [4.69, 9.17) is 0 Å². The number of rotatable bonds is 4. The van der Waals surface area contributed by atoms with Crippen LogP contribution in [0.3, 0.4) is 0 Å². The van der Waals surface area contributed by atoms with Gasteiger partial charge in [0, 0.05) is 0 Å². The van der Waals surface area contributed by atoms with Crippen molar-refractivity contribution in [2.75, 3.05) is 0 Å². The van der Waals surface area contributed by atoms with Gasteiger partial charge < -0.3 is 21.9 Å². The van der Waals surface area contributed by atoms with Gasteiger partial charge >= 0.3 is 0 Å². The molecule has 0 bridgehead atoms. The van der Waals surface area contributed by atoms with Gasteiger partial charge in [-0.05, 0) is 13.3 Å². The van der Waals surface area contributed by atoms with E-state index in [2.05, 4.69) is 32.9 Å². The number of unbranched alkanes of at least 4 members (excludes halogenated alkanes) is 3. The molecule has 0 unspecified atom stereocenters. The first kappa shape index (κ1) is 36.5.